The van der Waals surface area contributed by atoms with Gasteiger partial charge in [-0.25, -0.2) is 0 Å². The Hall–Kier alpha value is -1.90. The van der Waals surface area contributed by atoms with Crippen LogP contribution in [0.15, 0.2) is 24.3 Å². The minimum absolute atomic E-state index is 0.114. The zero-order chi connectivity index (χ0) is 17.4. The number of rotatable bonds is 1. The maximum atomic E-state index is 12.4. The minimum atomic E-state index is 0.114. The van der Waals surface area contributed by atoms with Crippen molar-refractivity contribution >= 4 is 22.4 Å². The second-order valence-corrected chi connectivity index (χ2v) is 5.58. The summed E-state index contributed by atoms with van der Waals surface area (Å²) >= 11 is 0. The van der Waals surface area contributed by atoms with Crippen molar-refractivity contribution in [3.05, 3.63) is 35.5 Å². The van der Waals surface area contributed by atoms with Gasteiger partial charge in [0.25, 0.3) is 0 Å². The molecule has 0 saturated carbocycles. The van der Waals surface area contributed by atoms with Crippen LogP contribution < -0.4 is 5.73 Å². The van der Waals surface area contributed by atoms with Crippen molar-refractivity contribution in [2.45, 2.75) is 60.3 Å². The number of fused-ring (bicyclic) bond motifs is 2. The molecule has 1 unspecified atom stereocenters. The summed E-state index contributed by atoms with van der Waals surface area (Å²) in [7, 11) is 0. The summed E-state index contributed by atoms with van der Waals surface area (Å²) in [6, 6.07) is 7.75. The van der Waals surface area contributed by atoms with Crippen LogP contribution in [0.2, 0.25) is 0 Å². The van der Waals surface area contributed by atoms with Crippen LogP contribution in [-0.4, -0.2) is 10.8 Å². The van der Waals surface area contributed by atoms with Gasteiger partial charge < -0.3 is 5.73 Å². The van der Waals surface area contributed by atoms with Gasteiger partial charge in [0, 0.05) is 11.3 Å². The summed E-state index contributed by atoms with van der Waals surface area (Å²) in [5.74, 6) is 0.289. The van der Waals surface area contributed by atoms with E-state index in [1.54, 1.807) is 0 Å². The average Bonchev–Trinajstić information content (AvgIpc) is 2.58. The number of Topliss-reactive ketones (excluding diaryl/α,β-unsaturated/α-hetero) is 1. The number of para-hydroxylation sites is 1. The third kappa shape index (κ3) is 4.10. The van der Waals surface area contributed by atoms with Gasteiger partial charge in [-0.15, -0.1) is 0 Å². The third-order valence-electron chi connectivity index (χ3n) is 3.85. The SMILES string of the molecule is CC.CCC.CCC1CCc2nc3ccccc3c(N)c2C1=O. The number of ketones is 1. The number of nitrogens with zero attached hydrogens (tertiary/aromatic N) is 1. The lowest BCUT2D eigenvalue weighted by atomic mass is 9.82. The van der Waals surface area contributed by atoms with E-state index < -0.39 is 0 Å². The highest BCUT2D eigenvalue weighted by molar-refractivity contribution is 6.09. The first-order chi connectivity index (χ1) is 11.1. The predicted molar refractivity (Wildman–Crippen MR) is 99.9 cm³/mol. The van der Waals surface area contributed by atoms with Crippen molar-refractivity contribution in [1.29, 1.82) is 0 Å². The highest BCUT2D eigenvalue weighted by Crippen LogP contribution is 2.34. The normalized spacial score (nSPS) is 15.9. The molecule has 1 aromatic heterocycles. The smallest absolute Gasteiger partial charge is 0.169 e. The zero-order valence-corrected chi connectivity index (χ0v) is 15.1. The number of carbonyl (C=O) groups is 1. The van der Waals surface area contributed by atoms with Gasteiger partial charge in [0.05, 0.1) is 22.5 Å². The predicted octanol–water partition coefficient (Wildman–Crippen LogP) is 5.41. The van der Waals surface area contributed by atoms with Crippen LogP contribution in [0.3, 0.4) is 0 Å². The molecule has 1 aliphatic carbocycles. The van der Waals surface area contributed by atoms with E-state index in [4.69, 9.17) is 5.73 Å². The minimum Gasteiger partial charge on any atom is -0.398 e. The van der Waals surface area contributed by atoms with Crippen LogP contribution in [0.25, 0.3) is 10.9 Å². The molecular weight excluding hydrogens is 284 g/mol. The summed E-state index contributed by atoms with van der Waals surface area (Å²) in [6.45, 7) is 10.3. The second kappa shape index (κ2) is 9.29. The molecule has 1 aliphatic rings. The maximum Gasteiger partial charge on any atom is 0.169 e. The van der Waals surface area contributed by atoms with Gasteiger partial charge in [-0.05, 0) is 25.3 Å². The number of anilines is 1. The van der Waals surface area contributed by atoms with E-state index in [0.717, 1.165) is 35.9 Å². The van der Waals surface area contributed by atoms with Crippen molar-refractivity contribution < 1.29 is 4.79 Å². The van der Waals surface area contributed by atoms with Crippen molar-refractivity contribution in [2.24, 2.45) is 5.92 Å². The molecule has 0 spiro atoms. The first kappa shape index (κ1) is 19.1. The number of carbonyl (C=O) groups excluding carboxylic acids is 1. The number of hydrogen-bond donors (Lipinski definition) is 1. The Balaban J connectivity index is 0.000000477. The molecule has 3 rings (SSSR count). The fraction of sp³-hybridized carbons (Fsp3) is 0.500. The van der Waals surface area contributed by atoms with Crippen molar-refractivity contribution in [3.8, 4) is 0 Å². The molecule has 3 heteroatoms. The number of aromatic nitrogens is 1. The van der Waals surface area contributed by atoms with E-state index in [1.165, 1.54) is 6.42 Å². The van der Waals surface area contributed by atoms with Gasteiger partial charge in [-0.2, -0.15) is 0 Å². The maximum absolute atomic E-state index is 12.4. The van der Waals surface area contributed by atoms with Gasteiger partial charge in [-0.1, -0.05) is 59.2 Å². The average molecular weight is 314 g/mol. The van der Waals surface area contributed by atoms with E-state index in [9.17, 15) is 4.79 Å². The largest absolute Gasteiger partial charge is 0.398 e. The number of nitrogens with two attached hydrogens (primary N) is 1. The third-order valence-corrected chi connectivity index (χ3v) is 3.85. The first-order valence-electron chi connectivity index (χ1n) is 8.85. The van der Waals surface area contributed by atoms with Crippen molar-refractivity contribution in [1.82, 2.24) is 4.98 Å². The molecule has 2 aromatic rings. The van der Waals surface area contributed by atoms with Crippen molar-refractivity contribution in [2.75, 3.05) is 5.73 Å². The van der Waals surface area contributed by atoms with Crippen LogP contribution in [0.5, 0.6) is 0 Å². The van der Waals surface area contributed by atoms with Crippen LogP contribution in [0, 0.1) is 5.92 Å². The molecule has 0 aliphatic heterocycles. The summed E-state index contributed by atoms with van der Waals surface area (Å²) in [5.41, 5.74) is 9.23. The standard InChI is InChI=1S/C15H16N2O.C3H8.C2H6/c1-2-9-7-8-12-13(15(9)18)14(16)10-5-3-4-6-11(10)17-12;1-3-2;1-2/h3-6,9H,2,7-8H2,1H3,(H2,16,17);3H2,1-2H3;1-2H3. The van der Waals surface area contributed by atoms with E-state index in [-0.39, 0.29) is 11.7 Å². The quantitative estimate of drug-likeness (QED) is 0.765. The summed E-state index contributed by atoms with van der Waals surface area (Å²) in [5, 5.41) is 0.890. The molecule has 23 heavy (non-hydrogen) atoms. The molecule has 0 saturated heterocycles. The number of nitrogen functional groups attached to an aromatic ring is 1. The molecule has 0 radical (unpaired) electrons. The molecule has 1 heterocycles. The molecule has 1 aromatic carbocycles. The Kier molecular flexibility index (Phi) is 7.73. The summed E-state index contributed by atoms with van der Waals surface area (Å²) in [4.78, 5) is 17.0. The van der Waals surface area contributed by atoms with Gasteiger partial charge in [-0.3, -0.25) is 9.78 Å². The summed E-state index contributed by atoms with van der Waals surface area (Å²) in [6.07, 6.45) is 3.88. The fourth-order valence-electron chi connectivity index (χ4n) is 2.78. The fourth-order valence-corrected chi connectivity index (χ4v) is 2.78. The van der Waals surface area contributed by atoms with Gasteiger partial charge in [0.1, 0.15) is 0 Å². The van der Waals surface area contributed by atoms with E-state index >= 15 is 0 Å². The molecule has 0 amide bonds. The molecule has 1 atom stereocenters. The lowest BCUT2D eigenvalue weighted by Gasteiger charge is -2.23. The molecule has 0 fully saturated rings. The topological polar surface area (TPSA) is 56.0 Å². The Morgan fingerprint density at radius 1 is 1.17 bits per heavy atom. The van der Waals surface area contributed by atoms with Gasteiger partial charge >= 0.3 is 0 Å². The number of pyridine rings is 1. The number of aryl methyl sites for hydroxylation is 1. The second-order valence-electron chi connectivity index (χ2n) is 5.58. The van der Waals surface area contributed by atoms with Gasteiger partial charge in [0.2, 0.25) is 0 Å². The van der Waals surface area contributed by atoms with E-state index in [0.29, 0.717) is 11.3 Å². The Morgan fingerprint density at radius 3 is 2.39 bits per heavy atom. The molecule has 126 valence electrons. The highest BCUT2D eigenvalue weighted by atomic mass is 16.1. The van der Waals surface area contributed by atoms with Crippen molar-refractivity contribution in [3.63, 3.8) is 0 Å². The molecule has 3 nitrogen and oxygen atoms in total. The highest BCUT2D eigenvalue weighted by Gasteiger charge is 2.29. The van der Waals surface area contributed by atoms with Crippen LogP contribution in [-0.2, 0) is 6.42 Å². The monoisotopic (exact) mass is 314 g/mol. The van der Waals surface area contributed by atoms with E-state index in [2.05, 4.69) is 25.8 Å². The Labute approximate surface area is 140 Å². The zero-order valence-electron chi connectivity index (χ0n) is 15.1. The molecule has 2 N–H and O–H groups in total. The van der Waals surface area contributed by atoms with Crippen LogP contribution >= 0.6 is 0 Å². The molecule has 0 bridgehead atoms. The Morgan fingerprint density at radius 2 is 1.78 bits per heavy atom. The lowest BCUT2D eigenvalue weighted by Crippen LogP contribution is -2.24. The first-order valence-corrected chi connectivity index (χ1v) is 8.85. The lowest BCUT2D eigenvalue weighted by molar-refractivity contribution is 0.0899. The van der Waals surface area contributed by atoms with Crippen LogP contribution in [0.1, 0.15) is 69.9 Å². The van der Waals surface area contributed by atoms with Crippen LogP contribution in [0.4, 0.5) is 5.69 Å². The van der Waals surface area contributed by atoms with Gasteiger partial charge in [0.15, 0.2) is 5.78 Å². The molecular formula is C20H30N2O. The number of hydrogen-bond acceptors (Lipinski definition) is 3. The van der Waals surface area contributed by atoms with E-state index in [1.807, 2.05) is 38.1 Å². The number of benzene rings is 1. The summed E-state index contributed by atoms with van der Waals surface area (Å²) < 4.78 is 0. The Bertz CT molecular complexity index is 649.